The molecule has 3 nitrogen and oxygen atoms in total. The molecule has 0 unspecified atom stereocenters. The molecular formula is C20H26N2O. The van der Waals surface area contributed by atoms with Crippen molar-refractivity contribution in [3.05, 3.63) is 48.0 Å². The Morgan fingerprint density at radius 2 is 1.70 bits per heavy atom. The van der Waals surface area contributed by atoms with E-state index in [0.717, 1.165) is 42.3 Å². The number of carbonyl (C=O) groups is 1. The minimum Gasteiger partial charge on any atom is -0.334 e. The number of hydrogen-bond acceptors (Lipinski definition) is 2. The molecule has 3 heteroatoms. The summed E-state index contributed by atoms with van der Waals surface area (Å²) in [5.74, 6) is 0.190. The van der Waals surface area contributed by atoms with E-state index in [1.807, 2.05) is 24.3 Å². The van der Waals surface area contributed by atoms with E-state index < -0.39 is 0 Å². The SMILES string of the molecule is CN(C)CCN(C(=O)c1cccc2ccccc12)C1CCCC1. The lowest BCUT2D eigenvalue weighted by molar-refractivity contribution is 0.0669. The average molecular weight is 310 g/mol. The monoisotopic (exact) mass is 310 g/mol. The maximum Gasteiger partial charge on any atom is 0.254 e. The quantitative estimate of drug-likeness (QED) is 0.839. The van der Waals surface area contributed by atoms with Crippen LogP contribution in [0.3, 0.4) is 0 Å². The Morgan fingerprint density at radius 1 is 1.00 bits per heavy atom. The molecule has 0 saturated heterocycles. The Kier molecular flexibility index (Phi) is 4.97. The predicted molar refractivity (Wildman–Crippen MR) is 95.8 cm³/mol. The van der Waals surface area contributed by atoms with Gasteiger partial charge in [0.15, 0.2) is 0 Å². The summed E-state index contributed by atoms with van der Waals surface area (Å²) in [5, 5.41) is 2.20. The van der Waals surface area contributed by atoms with Crippen LogP contribution in [-0.4, -0.2) is 48.9 Å². The van der Waals surface area contributed by atoms with E-state index in [1.54, 1.807) is 0 Å². The van der Waals surface area contributed by atoms with Crippen molar-refractivity contribution in [2.24, 2.45) is 0 Å². The molecule has 1 amide bonds. The summed E-state index contributed by atoms with van der Waals surface area (Å²) in [6.45, 7) is 1.72. The second-order valence-electron chi connectivity index (χ2n) is 6.77. The van der Waals surface area contributed by atoms with Gasteiger partial charge in [-0.05, 0) is 43.8 Å². The maximum atomic E-state index is 13.3. The third kappa shape index (κ3) is 3.56. The second kappa shape index (κ2) is 7.14. The van der Waals surface area contributed by atoms with Crippen LogP contribution < -0.4 is 0 Å². The van der Waals surface area contributed by atoms with Gasteiger partial charge in [0.1, 0.15) is 0 Å². The fourth-order valence-corrected chi connectivity index (χ4v) is 3.54. The normalized spacial score (nSPS) is 15.4. The minimum atomic E-state index is 0.190. The molecule has 1 fully saturated rings. The highest BCUT2D eigenvalue weighted by Crippen LogP contribution is 2.27. The molecule has 0 heterocycles. The fourth-order valence-electron chi connectivity index (χ4n) is 3.54. The number of hydrogen-bond donors (Lipinski definition) is 0. The summed E-state index contributed by atoms with van der Waals surface area (Å²) in [4.78, 5) is 17.5. The van der Waals surface area contributed by atoms with Gasteiger partial charge in [0.25, 0.3) is 5.91 Å². The van der Waals surface area contributed by atoms with Crippen LogP contribution in [0.25, 0.3) is 10.8 Å². The molecule has 0 N–H and O–H groups in total. The van der Waals surface area contributed by atoms with Gasteiger partial charge in [0.05, 0.1) is 0 Å². The van der Waals surface area contributed by atoms with Gasteiger partial charge in [0, 0.05) is 24.7 Å². The zero-order valence-electron chi connectivity index (χ0n) is 14.2. The Balaban J connectivity index is 1.92. The van der Waals surface area contributed by atoms with Crippen LogP contribution in [-0.2, 0) is 0 Å². The Hall–Kier alpha value is -1.87. The van der Waals surface area contributed by atoms with Crippen molar-refractivity contribution >= 4 is 16.7 Å². The standard InChI is InChI=1S/C20H26N2O/c1-21(2)14-15-22(17-10-4-5-11-17)20(23)19-13-7-9-16-8-3-6-12-18(16)19/h3,6-9,12-13,17H,4-5,10-11,14-15H2,1-2H3. The minimum absolute atomic E-state index is 0.190. The average Bonchev–Trinajstić information content (AvgIpc) is 3.08. The topological polar surface area (TPSA) is 23.6 Å². The van der Waals surface area contributed by atoms with Gasteiger partial charge in [-0.15, -0.1) is 0 Å². The van der Waals surface area contributed by atoms with Crippen molar-refractivity contribution in [3.63, 3.8) is 0 Å². The first-order chi connectivity index (χ1) is 11.2. The first-order valence-corrected chi connectivity index (χ1v) is 8.60. The van der Waals surface area contributed by atoms with E-state index in [2.05, 4.69) is 42.1 Å². The van der Waals surface area contributed by atoms with Crippen LogP contribution >= 0.6 is 0 Å². The summed E-state index contributed by atoms with van der Waals surface area (Å²) >= 11 is 0. The van der Waals surface area contributed by atoms with Crippen LogP contribution in [0.4, 0.5) is 0 Å². The lowest BCUT2D eigenvalue weighted by Crippen LogP contribution is -2.42. The third-order valence-electron chi connectivity index (χ3n) is 4.83. The number of fused-ring (bicyclic) bond motifs is 1. The molecule has 2 aromatic rings. The third-order valence-corrected chi connectivity index (χ3v) is 4.83. The molecule has 1 aliphatic carbocycles. The van der Waals surface area contributed by atoms with Crippen LogP contribution in [0, 0.1) is 0 Å². The van der Waals surface area contributed by atoms with Crippen molar-refractivity contribution in [3.8, 4) is 0 Å². The number of carbonyl (C=O) groups excluding carboxylic acids is 1. The number of benzene rings is 2. The summed E-state index contributed by atoms with van der Waals surface area (Å²) < 4.78 is 0. The van der Waals surface area contributed by atoms with E-state index in [1.165, 1.54) is 12.8 Å². The number of likely N-dealkylation sites (N-methyl/N-ethyl adjacent to an activating group) is 1. The molecule has 0 bridgehead atoms. The molecule has 0 aromatic heterocycles. The zero-order valence-corrected chi connectivity index (χ0v) is 14.2. The summed E-state index contributed by atoms with van der Waals surface area (Å²) in [6.07, 6.45) is 4.77. The van der Waals surface area contributed by atoms with Gasteiger partial charge in [-0.25, -0.2) is 0 Å². The summed E-state index contributed by atoms with van der Waals surface area (Å²) in [5.41, 5.74) is 0.841. The van der Waals surface area contributed by atoms with Crippen molar-refractivity contribution in [2.45, 2.75) is 31.7 Å². The fraction of sp³-hybridized carbons (Fsp3) is 0.450. The predicted octanol–water partition coefficient (Wildman–Crippen LogP) is 3.79. The summed E-state index contributed by atoms with van der Waals surface area (Å²) in [6, 6.07) is 14.6. The first kappa shape index (κ1) is 16.0. The molecule has 0 atom stereocenters. The van der Waals surface area contributed by atoms with Gasteiger partial charge in [0.2, 0.25) is 0 Å². The second-order valence-corrected chi connectivity index (χ2v) is 6.77. The molecule has 0 aliphatic heterocycles. The van der Waals surface area contributed by atoms with Gasteiger partial charge in [-0.2, -0.15) is 0 Å². The number of rotatable bonds is 5. The smallest absolute Gasteiger partial charge is 0.254 e. The van der Waals surface area contributed by atoms with Crippen molar-refractivity contribution in [2.75, 3.05) is 27.2 Å². The van der Waals surface area contributed by atoms with Crippen LogP contribution in [0.2, 0.25) is 0 Å². The van der Waals surface area contributed by atoms with Crippen LogP contribution in [0.1, 0.15) is 36.0 Å². The van der Waals surface area contributed by atoms with Crippen molar-refractivity contribution < 1.29 is 4.79 Å². The maximum absolute atomic E-state index is 13.3. The molecule has 23 heavy (non-hydrogen) atoms. The molecular weight excluding hydrogens is 284 g/mol. The molecule has 122 valence electrons. The van der Waals surface area contributed by atoms with E-state index in [-0.39, 0.29) is 5.91 Å². The summed E-state index contributed by atoms with van der Waals surface area (Å²) in [7, 11) is 4.13. The largest absolute Gasteiger partial charge is 0.334 e. The van der Waals surface area contributed by atoms with E-state index in [0.29, 0.717) is 6.04 Å². The highest BCUT2D eigenvalue weighted by molar-refractivity contribution is 6.07. The van der Waals surface area contributed by atoms with E-state index in [9.17, 15) is 4.79 Å². The van der Waals surface area contributed by atoms with Crippen molar-refractivity contribution in [1.29, 1.82) is 0 Å². The lowest BCUT2D eigenvalue weighted by atomic mass is 10.0. The van der Waals surface area contributed by atoms with E-state index in [4.69, 9.17) is 0 Å². The zero-order chi connectivity index (χ0) is 16.2. The number of nitrogens with zero attached hydrogens (tertiary/aromatic N) is 2. The Labute approximate surface area is 138 Å². The van der Waals surface area contributed by atoms with Crippen LogP contribution in [0.15, 0.2) is 42.5 Å². The van der Waals surface area contributed by atoms with Gasteiger partial charge in [-0.1, -0.05) is 49.2 Å². The first-order valence-electron chi connectivity index (χ1n) is 8.60. The Bertz CT molecular complexity index is 669. The molecule has 0 spiro atoms. The van der Waals surface area contributed by atoms with Crippen LogP contribution in [0.5, 0.6) is 0 Å². The molecule has 1 saturated carbocycles. The van der Waals surface area contributed by atoms with Gasteiger partial charge >= 0.3 is 0 Å². The molecule has 3 rings (SSSR count). The lowest BCUT2D eigenvalue weighted by Gasteiger charge is -2.30. The van der Waals surface area contributed by atoms with Gasteiger partial charge < -0.3 is 9.80 Å². The van der Waals surface area contributed by atoms with Crippen molar-refractivity contribution in [1.82, 2.24) is 9.80 Å². The highest BCUT2D eigenvalue weighted by atomic mass is 16.2. The Morgan fingerprint density at radius 3 is 2.43 bits per heavy atom. The molecule has 0 radical (unpaired) electrons. The van der Waals surface area contributed by atoms with E-state index >= 15 is 0 Å². The molecule has 1 aliphatic rings. The molecule has 2 aromatic carbocycles. The number of amides is 1. The highest BCUT2D eigenvalue weighted by Gasteiger charge is 2.28. The van der Waals surface area contributed by atoms with Gasteiger partial charge in [-0.3, -0.25) is 4.79 Å².